The van der Waals surface area contributed by atoms with Gasteiger partial charge in [-0.15, -0.1) is 0 Å². The third-order valence-electron chi connectivity index (χ3n) is 3.07. The zero-order valence-corrected chi connectivity index (χ0v) is 11.1. The molecule has 0 fully saturated rings. The standard InChI is InChI=1S/C14H22N2O/c1-5-12(8-15)14(17)16-13-10(3)6-9(2)7-11(13)4/h6-7,12H,5,8,15H2,1-4H3,(H,16,17). The van der Waals surface area contributed by atoms with Crippen LogP contribution in [0.1, 0.15) is 30.0 Å². The van der Waals surface area contributed by atoms with Gasteiger partial charge in [0.2, 0.25) is 5.91 Å². The van der Waals surface area contributed by atoms with Gasteiger partial charge in [0.05, 0.1) is 5.92 Å². The lowest BCUT2D eigenvalue weighted by Crippen LogP contribution is -2.29. The van der Waals surface area contributed by atoms with Crippen LogP contribution in [0.15, 0.2) is 12.1 Å². The van der Waals surface area contributed by atoms with E-state index in [-0.39, 0.29) is 11.8 Å². The van der Waals surface area contributed by atoms with Crippen LogP contribution in [0.3, 0.4) is 0 Å². The maximum absolute atomic E-state index is 12.0. The number of carbonyl (C=O) groups excluding carboxylic acids is 1. The fourth-order valence-corrected chi connectivity index (χ4v) is 2.06. The Morgan fingerprint density at radius 2 is 1.82 bits per heavy atom. The van der Waals surface area contributed by atoms with Gasteiger partial charge in [0, 0.05) is 12.2 Å². The van der Waals surface area contributed by atoms with Crippen molar-refractivity contribution in [2.24, 2.45) is 11.7 Å². The van der Waals surface area contributed by atoms with E-state index in [0.29, 0.717) is 6.54 Å². The largest absolute Gasteiger partial charge is 0.330 e. The normalized spacial score (nSPS) is 12.3. The van der Waals surface area contributed by atoms with E-state index in [1.165, 1.54) is 5.56 Å². The summed E-state index contributed by atoms with van der Waals surface area (Å²) in [6.45, 7) is 8.45. The molecule has 0 saturated heterocycles. The Kier molecular flexibility index (Phi) is 4.70. The van der Waals surface area contributed by atoms with Crippen LogP contribution >= 0.6 is 0 Å². The molecule has 0 bridgehead atoms. The highest BCUT2D eigenvalue weighted by molar-refractivity contribution is 5.94. The minimum absolute atomic E-state index is 0.0186. The van der Waals surface area contributed by atoms with Crippen molar-refractivity contribution >= 4 is 11.6 Å². The minimum atomic E-state index is -0.102. The molecule has 1 rings (SSSR count). The number of amides is 1. The number of carbonyl (C=O) groups is 1. The Morgan fingerprint density at radius 3 is 2.24 bits per heavy atom. The van der Waals surface area contributed by atoms with E-state index in [9.17, 15) is 4.79 Å². The summed E-state index contributed by atoms with van der Waals surface area (Å²) < 4.78 is 0. The van der Waals surface area contributed by atoms with Crippen LogP contribution in [0, 0.1) is 26.7 Å². The van der Waals surface area contributed by atoms with Gasteiger partial charge in [0.15, 0.2) is 0 Å². The maximum Gasteiger partial charge on any atom is 0.228 e. The van der Waals surface area contributed by atoms with Gasteiger partial charge in [-0.2, -0.15) is 0 Å². The molecule has 94 valence electrons. The molecule has 0 radical (unpaired) electrons. The van der Waals surface area contributed by atoms with Crippen LogP contribution in [0.5, 0.6) is 0 Å². The van der Waals surface area contributed by atoms with E-state index in [1.807, 2.05) is 20.8 Å². The third-order valence-corrected chi connectivity index (χ3v) is 3.07. The van der Waals surface area contributed by atoms with Crippen molar-refractivity contribution < 1.29 is 4.79 Å². The summed E-state index contributed by atoms with van der Waals surface area (Å²) >= 11 is 0. The molecule has 3 N–H and O–H groups in total. The third kappa shape index (κ3) is 3.30. The van der Waals surface area contributed by atoms with E-state index in [4.69, 9.17) is 5.73 Å². The number of aryl methyl sites for hydroxylation is 3. The van der Waals surface area contributed by atoms with E-state index < -0.39 is 0 Å². The molecule has 3 heteroatoms. The number of hydrogen-bond acceptors (Lipinski definition) is 2. The van der Waals surface area contributed by atoms with Crippen LogP contribution < -0.4 is 11.1 Å². The Labute approximate surface area is 103 Å². The van der Waals surface area contributed by atoms with E-state index in [0.717, 1.165) is 23.2 Å². The number of anilines is 1. The fourth-order valence-electron chi connectivity index (χ4n) is 2.06. The average molecular weight is 234 g/mol. The molecule has 1 unspecified atom stereocenters. The molecule has 0 aromatic heterocycles. The van der Waals surface area contributed by atoms with Gasteiger partial charge >= 0.3 is 0 Å². The molecule has 0 saturated carbocycles. The highest BCUT2D eigenvalue weighted by Crippen LogP contribution is 2.22. The molecule has 3 nitrogen and oxygen atoms in total. The number of hydrogen-bond donors (Lipinski definition) is 2. The van der Waals surface area contributed by atoms with Crippen molar-refractivity contribution in [2.45, 2.75) is 34.1 Å². The SMILES string of the molecule is CCC(CN)C(=O)Nc1c(C)cc(C)cc1C. The van der Waals surface area contributed by atoms with Gasteiger partial charge in [0.25, 0.3) is 0 Å². The van der Waals surface area contributed by atoms with Crippen molar-refractivity contribution in [3.8, 4) is 0 Å². The van der Waals surface area contributed by atoms with Gasteiger partial charge in [-0.1, -0.05) is 24.6 Å². The first-order valence-corrected chi connectivity index (χ1v) is 6.08. The smallest absolute Gasteiger partial charge is 0.228 e. The summed E-state index contributed by atoms with van der Waals surface area (Å²) in [5, 5.41) is 2.99. The monoisotopic (exact) mass is 234 g/mol. The molecule has 0 spiro atoms. The lowest BCUT2D eigenvalue weighted by molar-refractivity contribution is -0.119. The summed E-state index contributed by atoms with van der Waals surface area (Å²) in [5.74, 6) is -0.0832. The van der Waals surface area contributed by atoms with Crippen LogP contribution in [0.2, 0.25) is 0 Å². The Morgan fingerprint density at radius 1 is 1.29 bits per heavy atom. The Hall–Kier alpha value is -1.35. The average Bonchev–Trinajstić information content (AvgIpc) is 2.25. The number of rotatable bonds is 4. The van der Waals surface area contributed by atoms with E-state index in [1.54, 1.807) is 0 Å². The van der Waals surface area contributed by atoms with Crippen LogP contribution in [-0.4, -0.2) is 12.5 Å². The zero-order valence-electron chi connectivity index (χ0n) is 11.1. The lowest BCUT2D eigenvalue weighted by atomic mass is 10.0. The summed E-state index contributed by atoms with van der Waals surface area (Å²) in [7, 11) is 0. The van der Waals surface area contributed by atoms with Gasteiger partial charge < -0.3 is 11.1 Å². The molecule has 1 aromatic carbocycles. The molecule has 1 atom stereocenters. The van der Waals surface area contributed by atoms with Gasteiger partial charge in [-0.25, -0.2) is 0 Å². The van der Waals surface area contributed by atoms with Crippen molar-refractivity contribution in [3.63, 3.8) is 0 Å². The maximum atomic E-state index is 12.0. The first-order valence-electron chi connectivity index (χ1n) is 6.08. The summed E-state index contributed by atoms with van der Waals surface area (Å²) in [6.07, 6.45) is 0.770. The zero-order chi connectivity index (χ0) is 13.0. The number of nitrogens with one attached hydrogen (secondary N) is 1. The van der Waals surface area contributed by atoms with Crippen molar-refractivity contribution in [1.29, 1.82) is 0 Å². The van der Waals surface area contributed by atoms with E-state index in [2.05, 4.69) is 24.4 Å². The molecule has 0 aliphatic rings. The van der Waals surface area contributed by atoms with E-state index >= 15 is 0 Å². The quantitative estimate of drug-likeness (QED) is 0.841. The summed E-state index contributed by atoms with van der Waals surface area (Å²) in [5.41, 5.74) is 9.91. The molecular formula is C14H22N2O. The molecular weight excluding hydrogens is 212 g/mol. The Balaban J connectivity index is 2.92. The Bertz CT molecular complexity index is 386. The van der Waals surface area contributed by atoms with Crippen LogP contribution in [-0.2, 0) is 4.79 Å². The van der Waals surface area contributed by atoms with Crippen molar-refractivity contribution in [1.82, 2.24) is 0 Å². The second-order valence-corrected chi connectivity index (χ2v) is 4.60. The second kappa shape index (κ2) is 5.82. The van der Waals surface area contributed by atoms with Gasteiger partial charge in [-0.3, -0.25) is 4.79 Å². The number of nitrogens with two attached hydrogens (primary N) is 1. The summed E-state index contributed by atoms with van der Waals surface area (Å²) in [6, 6.07) is 4.15. The fraction of sp³-hybridized carbons (Fsp3) is 0.500. The highest BCUT2D eigenvalue weighted by atomic mass is 16.1. The second-order valence-electron chi connectivity index (χ2n) is 4.60. The van der Waals surface area contributed by atoms with Gasteiger partial charge in [0.1, 0.15) is 0 Å². The van der Waals surface area contributed by atoms with Crippen LogP contribution in [0.25, 0.3) is 0 Å². The molecule has 0 heterocycles. The highest BCUT2D eigenvalue weighted by Gasteiger charge is 2.16. The summed E-state index contributed by atoms with van der Waals surface area (Å²) in [4.78, 5) is 12.0. The molecule has 0 aliphatic carbocycles. The lowest BCUT2D eigenvalue weighted by Gasteiger charge is -2.16. The first kappa shape index (κ1) is 13.7. The molecule has 0 aliphatic heterocycles. The first-order chi connectivity index (χ1) is 7.99. The topological polar surface area (TPSA) is 55.1 Å². The van der Waals surface area contributed by atoms with Crippen molar-refractivity contribution in [2.75, 3.05) is 11.9 Å². The van der Waals surface area contributed by atoms with Gasteiger partial charge in [-0.05, 0) is 38.3 Å². The molecule has 1 aromatic rings. The predicted molar refractivity (Wildman–Crippen MR) is 72.1 cm³/mol. The van der Waals surface area contributed by atoms with Crippen LogP contribution in [0.4, 0.5) is 5.69 Å². The molecule has 1 amide bonds. The predicted octanol–water partition coefficient (Wildman–Crippen LogP) is 2.54. The minimum Gasteiger partial charge on any atom is -0.330 e. The number of benzene rings is 1. The van der Waals surface area contributed by atoms with Crippen molar-refractivity contribution in [3.05, 3.63) is 28.8 Å². The molecule has 17 heavy (non-hydrogen) atoms.